The largest absolute Gasteiger partial charge is 0.374 e. The molecule has 2 aliphatic rings. The van der Waals surface area contributed by atoms with Crippen LogP contribution in [0.2, 0.25) is 0 Å². The van der Waals surface area contributed by atoms with Crippen LogP contribution in [0.5, 0.6) is 0 Å². The maximum Gasteiger partial charge on any atom is 0.0826 e. The molecule has 0 spiro atoms. The van der Waals surface area contributed by atoms with Gasteiger partial charge in [0.15, 0.2) is 0 Å². The Hall–Kier alpha value is -0.120. The predicted octanol–water partition coefficient (Wildman–Crippen LogP) is 2.41. The van der Waals surface area contributed by atoms with E-state index in [0.717, 1.165) is 38.8 Å². The summed E-state index contributed by atoms with van der Waals surface area (Å²) in [5.74, 6) is 0. The summed E-state index contributed by atoms with van der Waals surface area (Å²) in [6, 6.07) is 0.742. The Kier molecular flexibility index (Phi) is 6.46. The van der Waals surface area contributed by atoms with E-state index in [0.29, 0.717) is 6.10 Å². The molecule has 0 aromatic heterocycles. The Morgan fingerprint density at radius 1 is 1.11 bits per heavy atom. The molecule has 0 aromatic carbocycles. The van der Waals surface area contributed by atoms with Crippen LogP contribution in [-0.2, 0) is 4.74 Å². The first-order valence-corrected chi connectivity index (χ1v) is 7.96. The lowest BCUT2D eigenvalue weighted by Gasteiger charge is -2.33. The van der Waals surface area contributed by atoms with Crippen molar-refractivity contribution in [2.75, 3.05) is 32.8 Å². The van der Waals surface area contributed by atoms with Crippen LogP contribution in [-0.4, -0.2) is 49.8 Å². The monoisotopic (exact) mass is 254 g/mol. The summed E-state index contributed by atoms with van der Waals surface area (Å²) in [7, 11) is 0. The minimum Gasteiger partial charge on any atom is -0.374 e. The van der Waals surface area contributed by atoms with Gasteiger partial charge >= 0.3 is 0 Å². The van der Waals surface area contributed by atoms with E-state index in [2.05, 4.69) is 17.1 Å². The molecule has 1 saturated carbocycles. The van der Waals surface area contributed by atoms with Gasteiger partial charge in [0.05, 0.1) is 12.7 Å². The molecule has 1 atom stereocenters. The highest BCUT2D eigenvalue weighted by Crippen LogP contribution is 2.17. The van der Waals surface area contributed by atoms with Crippen molar-refractivity contribution in [3.8, 4) is 0 Å². The topological polar surface area (TPSA) is 24.5 Å². The van der Waals surface area contributed by atoms with Crippen molar-refractivity contribution < 1.29 is 4.74 Å². The molecule has 106 valence electrons. The van der Waals surface area contributed by atoms with Gasteiger partial charge in [0.25, 0.3) is 0 Å². The van der Waals surface area contributed by atoms with Gasteiger partial charge in [-0.3, -0.25) is 4.90 Å². The fourth-order valence-electron chi connectivity index (χ4n) is 3.15. The molecular formula is C15H30N2O. The fraction of sp³-hybridized carbons (Fsp3) is 1.00. The average Bonchev–Trinajstić information content (AvgIpc) is 2.38. The molecule has 1 N–H and O–H groups in total. The first-order valence-electron chi connectivity index (χ1n) is 7.96. The minimum absolute atomic E-state index is 0.407. The third kappa shape index (κ3) is 4.87. The molecule has 0 radical (unpaired) electrons. The minimum atomic E-state index is 0.407. The molecule has 0 aromatic rings. The van der Waals surface area contributed by atoms with Crippen LogP contribution in [0, 0.1) is 0 Å². The third-order valence-corrected chi connectivity index (χ3v) is 4.41. The number of nitrogens with zero attached hydrogens (tertiary/aromatic N) is 1. The van der Waals surface area contributed by atoms with E-state index in [9.17, 15) is 0 Å². The molecular weight excluding hydrogens is 224 g/mol. The molecule has 3 nitrogen and oxygen atoms in total. The summed E-state index contributed by atoms with van der Waals surface area (Å²) in [6.45, 7) is 7.56. The normalized spacial score (nSPS) is 28.8. The van der Waals surface area contributed by atoms with Crippen molar-refractivity contribution in [1.29, 1.82) is 0 Å². The van der Waals surface area contributed by atoms with Crippen molar-refractivity contribution in [3.05, 3.63) is 0 Å². The second-order valence-electron chi connectivity index (χ2n) is 5.84. The average molecular weight is 254 g/mol. The zero-order valence-corrected chi connectivity index (χ0v) is 12.0. The second-order valence-corrected chi connectivity index (χ2v) is 5.84. The Morgan fingerprint density at radius 3 is 2.56 bits per heavy atom. The number of ether oxygens (including phenoxy) is 1. The van der Waals surface area contributed by atoms with Crippen molar-refractivity contribution in [3.63, 3.8) is 0 Å². The van der Waals surface area contributed by atoms with Gasteiger partial charge in [-0.05, 0) is 19.4 Å². The Morgan fingerprint density at radius 2 is 1.83 bits per heavy atom. The maximum atomic E-state index is 5.85. The molecule has 0 bridgehead atoms. The highest BCUT2D eigenvalue weighted by atomic mass is 16.5. The molecule has 1 heterocycles. The van der Waals surface area contributed by atoms with Gasteiger partial charge in [0.2, 0.25) is 0 Å². The molecule has 1 aliphatic heterocycles. The number of hydrogen-bond acceptors (Lipinski definition) is 3. The van der Waals surface area contributed by atoms with E-state index in [4.69, 9.17) is 4.74 Å². The number of hydrogen-bond donors (Lipinski definition) is 1. The Bertz CT molecular complexity index is 213. The van der Waals surface area contributed by atoms with Crippen LogP contribution in [0.25, 0.3) is 0 Å². The van der Waals surface area contributed by atoms with Crippen molar-refractivity contribution in [1.82, 2.24) is 10.2 Å². The van der Waals surface area contributed by atoms with Gasteiger partial charge in [0, 0.05) is 25.7 Å². The quantitative estimate of drug-likeness (QED) is 0.834. The lowest BCUT2D eigenvalue weighted by atomic mass is 9.96. The number of likely N-dealkylation sites (N-methyl/N-ethyl adjacent to an activating group) is 1. The molecule has 1 aliphatic carbocycles. The molecule has 1 saturated heterocycles. The fourth-order valence-corrected chi connectivity index (χ4v) is 3.15. The van der Waals surface area contributed by atoms with Crippen LogP contribution in [0.3, 0.4) is 0 Å². The Balaban J connectivity index is 1.66. The van der Waals surface area contributed by atoms with Gasteiger partial charge in [-0.1, -0.05) is 39.0 Å². The van der Waals surface area contributed by atoms with E-state index < -0.39 is 0 Å². The van der Waals surface area contributed by atoms with Gasteiger partial charge in [-0.25, -0.2) is 0 Å². The van der Waals surface area contributed by atoms with Gasteiger partial charge < -0.3 is 10.1 Å². The summed E-state index contributed by atoms with van der Waals surface area (Å²) < 4.78 is 5.85. The number of rotatable bonds is 4. The van der Waals surface area contributed by atoms with Crippen LogP contribution in [0.4, 0.5) is 0 Å². The van der Waals surface area contributed by atoms with E-state index >= 15 is 0 Å². The van der Waals surface area contributed by atoms with Crippen LogP contribution in [0.1, 0.15) is 51.9 Å². The number of nitrogens with one attached hydrogen (secondary N) is 1. The van der Waals surface area contributed by atoms with E-state index in [-0.39, 0.29) is 0 Å². The van der Waals surface area contributed by atoms with Crippen LogP contribution >= 0.6 is 0 Å². The van der Waals surface area contributed by atoms with E-state index in [1.54, 1.807) is 0 Å². The van der Waals surface area contributed by atoms with Crippen LogP contribution in [0.15, 0.2) is 0 Å². The van der Waals surface area contributed by atoms with E-state index in [1.165, 1.54) is 44.9 Å². The maximum absolute atomic E-state index is 5.85. The zero-order chi connectivity index (χ0) is 12.6. The molecule has 2 fully saturated rings. The van der Waals surface area contributed by atoms with Crippen molar-refractivity contribution in [2.24, 2.45) is 0 Å². The zero-order valence-electron chi connectivity index (χ0n) is 12.0. The standard InChI is InChI=1S/C15H30N2O/c1-2-17-10-11-18-15(13-17)12-16-14-8-6-4-3-5-7-9-14/h14-16H,2-13H2,1H3. The third-order valence-electron chi connectivity index (χ3n) is 4.41. The summed E-state index contributed by atoms with van der Waals surface area (Å²) in [5, 5.41) is 3.75. The van der Waals surface area contributed by atoms with Crippen LogP contribution < -0.4 is 5.32 Å². The molecule has 2 rings (SSSR count). The highest BCUT2D eigenvalue weighted by molar-refractivity contribution is 4.76. The summed E-state index contributed by atoms with van der Waals surface area (Å²) in [6.07, 6.45) is 10.3. The van der Waals surface area contributed by atoms with Gasteiger partial charge in [0.1, 0.15) is 0 Å². The molecule has 3 heteroatoms. The first-order chi connectivity index (χ1) is 8.88. The number of morpholine rings is 1. The van der Waals surface area contributed by atoms with E-state index in [1.807, 2.05) is 0 Å². The van der Waals surface area contributed by atoms with Crippen molar-refractivity contribution >= 4 is 0 Å². The smallest absolute Gasteiger partial charge is 0.0826 e. The van der Waals surface area contributed by atoms with Crippen molar-refractivity contribution in [2.45, 2.75) is 64.0 Å². The summed E-state index contributed by atoms with van der Waals surface area (Å²) >= 11 is 0. The molecule has 1 unspecified atom stereocenters. The molecule has 0 amide bonds. The van der Waals surface area contributed by atoms with Gasteiger partial charge in [-0.2, -0.15) is 0 Å². The second kappa shape index (κ2) is 8.13. The highest BCUT2D eigenvalue weighted by Gasteiger charge is 2.20. The first kappa shape index (κ1) is 14.3. The molecule has 18 heavy (non-hydrogen) atoms. The lowest BCUT2D eigenvalue weighted by Crippen LogP contribution is -2.48. The lowest BCUT2D eigenvalue weighted by molar-refractivity contribution is -0.0266. The summed E-state index contributed by atoms with van der Waals surface area (Å²) in [5.41, 5.74) is 0. The van der Waals surface area contributed by atoms with Gasteiger partial charge in [-0.15, -0.1) is 0 Å². The predicted molar refractivity (Wildman–Crippen MR) is 76.0 cm³/mol. The summed E-state index contributed by atoms with van der Waals surface area (Å²) in [4.78, 5) is 2.49. The Labute approximate surface area is 112 Å². The SMILES string of the molecule is CCN1CCOC(CNC2CCCCCCC2)C1.